The maximum Gasteiger partial charge on any atom is 0.259 e. The van der Waals surface area contributed by atoms with Crippen LogP contribution in [-0.2, 0) is 0 Å². The number of aromatic nitrogens is 3. The van der Waals surface area contributed by atoms with Crippen molar-refractivity contribution in [1.82, 2.24) is 14.8 Å². The number of anilines is 2. The molecule has 0 aliphatic carbocycles. The zero-order valence-electron chi connectivity index (χ0n) is 18.2. The van der Waals surface area contributed by atoms with Crippen LogP contribution in [0, 0.1) is 20.8 Å². The molecule has 1 aromatic carbocycles. The van der Waals surface area contributed by atoms with E-state index in [9.17, 15) is 4.79 Å². The highest BCUT2D eigenvalue weighted by molar-refractivity contribution is 6.05. The predicted octanol–water partition coefficient (Wildman–Crippen LogP) is 4.77. The number of hydrogen-bond acceptors (Lipinski definition) is 4. The summed E-state index contributed by atoms with van der Waals surface area (Å²) < 4.78 is 1.81. The molecule has 0 atom stereocenters. The van der Waals surface area contributed by atoms with Crippen LogP contribution in [0.4, 0.5) is 11.5 Å². The lowest BCUT2D eigenvalue weighted by atomic mass is 10.00. The first-order chi connectivity index (χ1) is 13.7. The standard InChI is InChI=1S/C23H29N5O/c1-14(2)28-13-21(17(5)26-28)23(29)25-19-9-8-15(3)20(11-19)18-10-16(4)22(24-12-18)27(6)7/h8-14H,1-7H3,(H,25,29). The fraction of sp³-hybridized carbons (Fsp3) is 0.348. The van der Waals surface area contributed by atoms with Gasteiger partial charge in [0.2, 0.25) is 0 Å². The number of carbonyl (C=O) groups excluding carboxylic acids is 1. The molecular weight excluding hydrogens is 362 g/mol. The molecule has 0 unspecified atom stereocenters. The number of rotatable bonds is 5. The Kier molecular flexibility index (Phi) is 5.73. The summed E-state index contributed by atoms with van der Waals surface area (Å²) in [4.78, 5) is 19.4. The Morgan fingerprint density at radius 2 is 1.83 bits per heavy atom. The second-order valence-corrected chi connectivity index (χ2v) is 7.94. The van der Waals surface area contributed by atoms with Gasteiger partial charge in [-0.25, -0.2) is 4.98 Å². The third-order valence-corrected chi connectivity index (χ3v) is 4.97. The molecule has 152 valence electrons. The number of carbonyl (C=O) groups is 1. The molecule has 0 fully saturated rings. The molecule has 0 radical (unpaired) electrons. The van der Waals surface area contributed by atoms with E-state index in [2.05, 4.69) is 35.3 Å². The van der Waals surface area contributed by atoms with E-state index >= 15 is 0 Å². The van der Waals surface area contributed by atoms with E-state index in [1.54, 1.807) is 6.20 Å². The van der Waals surface area contributed by atoms with Crippen molar-refractivity contribution in [3.05, 3.63) is 59.0 Å². The summed E-state index contributed by atoms with van der Waals surface area (Å²) >= 11 is 0. The second kappa shape index (κ2) is 8.07. The fourth-order valence-electron chi connectivity index (χ4n) is 3.36. The number of benzene rings is 1. The summed E-state index contributed by atoms with van der Waals surface area (Å²) in [6.45, 7) is 10.1. The van der Waals surface area contributed by atoms with Gasteiger partial charge < -0.3 is 10.2 Å². The molecule has 0 saturated heterocycles. The molecular formula is C23H29N5O. The first-order valence-electron chi connectivity index (χ1n) is 9.79. The molecule has 3 rings (SSSR count). The second-order valence-electron chi connectivity index (χ2n) is 7.94. The third-order valence-electron chi connectivity index (χ3n) is 4.97. The van der Waals surface area contributed by atoms with Crippen molar-refractivity contribution in [1.29, 1.82) is 0 Å². The van der Waals surface area contributed by atoms with Gasteiger partial charge in [0.1, 0.15) is 5.82 Å². The SMILES string of the molecule is Cc1ccc(NC(=O)c2cn(C(C)C)nc2C)cc1-c1cnc(N(C)C)c(C)c1. The van der Waals surface area contributed by atoms with Crippen molar-refractivity contribution in [3.8, 4) is 11.1 Å². The maximum atomic E-state index is 12.8. The molecule has 29 heavy (non-hydrogen) atoms. The van der Waals surface area contributed by atoms with Gasteiger partial charge in [-0.2, -0.15) is 5.10 Å². The van der Waals surface area contributed by atoms with Crippen LogP contribution in [0.25, 0.3) is 11.1 Å². The van der Waals surface area contributed by atoms with Gasteiger partial charge in [0, 0.05) is 43.8 Å². The Balaban J connectivity index is 1.90. The van der Waals surface area contributed by atoms with Crippen LogP contribution >= 0.6 is 0 Å². The van der Waals surface area contributed by atoms with E-state index in [0.29, 0.717) is 5.56 Å². The van der Waals surface area contributed by atoms with E-state index < -0.39 is 0 Å². The molecule has 0 saturated carbocycles. The van der Waals surface area contributed by atoms with Crippen LogP contribution in [-0.4, -0.2) is 34.8 Å². The summed E-state index contributed by atoms with van der Waals surface area (Å²) in [5.74, 6) is 0.801. The number of nitrogens with zero attached hydrogens (tertiary/aromatic N) is 4. The number of hydrogen-bond donors (Lipinski definition) is 1. The largest absolute Gasteiger partial charge is 0.363 e. The van der Waals surface area contributed by atoms with Crippen molar-refractivity contribution in [2.75, 3.05) is 24.3 Å². The van der Waals surface area contributed by atoms with Gasteiger partial charge in [0.05, 0.1) is 11.3 Å². The minimum atomic E-state index is -0.151. The summed E-state index contributed by atoms with van der Waals surface area (Å²) in [7, 11) is 3.97. The molecule has 2 heterocycles. The Hall–Kier alpha value is -3.15. The lowest BCUT2D eigenvalue weighted by molar-refractivity contribution is 0.102. The van der Waals surface area contributed by atoms with Crippen molar-refractivity contribution in [2.24, 2.45) is 0 Å². The van der Waals surface area contributed by atoms with Gasteiger partial charge in [-0.1, -0.05) is 6.07 Å². The Labute approximate surface area is 172 Å². The van der Waals surface area contributed by atoms with Crippen molar-refractivity contribution < 1.29 is 4.79 Å². The van der Waals surface area contributed by atoms with Crippen LogP contribution in [0.15, 0.2) is 36.7 Å². The zero-order valence-corrected chi connectivity index (χ0v) is 18.2. The lowest BCUT2D eigenvalue weighted by Gasteiger charge is -2.16. The summed E-state index contributed by atoms with van der Waals surface area (Å²) in [6.07, 6.45) is 3.69. The number of aryl methyl sites for hydroxylation is 3. The van der Waals surface area contributed by atoms with E-state index in [0.717, 1.165) is 39.5 Å². The van der Waals surface area contributed by atoms with Gasteiger partial charge in [0.25, 0.3) is 5.91 Å². The van der Waals surface area contributed by atoms with Gasteiger partial charge in [-0.3, -0.25) is 9.48 Å². The molecule has 1 amide bonds. The van der Waals surface area contributed by atoms with Crippen LogP contribution in [0.3, 0.4) is 0 Å². The first-order valence-corrected chi connectivity index (χ1v) is 9.79. The average molecular weight is 392 g/mol. The average Bonchev–Trinajstić information content (AvgIpc) is 3.05. The number of nitrogens with one attached hydrogen (secondary N) is 1. The monoisotopic (exact) mass is 391 g/mol. The van der Waals surface area contributed by atoms with Crippen LogP contribution in [0.5, 0.6) is 0 Å². The Bertz CT molecular complexity index is 1050. The maximum absolute atomic E-state index is 12.8. The summed E-state index contributed by atoms with van der Waals surface area (Å²) in [5.41, 5.74) is 6.39. The van der Waals surface area contributed by atoms with Crippen molar-refractivity contribution >= 4 is 17.4 Å². The minimum Gasteiger partial charge on any atom is -0.363 e. The smallest absolute Gasteiger partial charge is 0.259 e. The minimum absolute atomic E-state index is 0.151. The molecule has 0 bridgehead atoms. The van der Waals surface area contributed by atoms with Gasteiger partial charge in [-0.15, -0.1) is 0 Å². The summed E-state index contributed by atoms with van der Waals surface area (Å²) in [6, 6.07) is 8.29. The van der Waals surface area contributed by atoms with Gasteiger partial charge in [0.15, 0.2) is 0 Å². The molecule has 0 aliphatic heterocycles. The molecule has 6 heteroatoms. The third kappa shape index (κ3) is 4.31. The first kappa shape index (κ1) is 20.6. The fourth-order valence-corrected chi connectivity index (χ4v) is 3.36. The van der Waals surface area contributed by atoms with E-state index in [4.69, 9.17) is 0 Å². The quantitative estimate of drug-likeness (QED) is 0.680. The Morgan fingerprint density at radius 3 is 2.41 bits per heavy atom. The predicted molar refractivity (Wildman–Crippen MR) is 119 cm³/mol. The molecule has 6 nitrogen and oxygen atoms in total. The molecule has 3 aromatic rings. The van der Waals surface area contributed by atoms with Crippen LogP contribution < -0.4 is 10.2 Å². The topological polar surface area (TPSA) is 63.1 Å². The highest BCUT2D eigenvalue weighted by atomic mass is 16.1. The lowest BCUT2D eigenvalue weighted by Crippen LogP contribution is -2.13. The number of pyridine rings is 1. The highest BCUT2D eigenvalue weighted by Gasteiger charge is 2.16. The molecule has 1 N–H and O–H groups in total. The van der Waals surface area contributed by atoms with Crippen molar-refractivity contribution in [2.45, 2.75) is 40.7 Å². The highest BCUT2D eigenvalue weighted by Crippen LogP contribution is 2.29. The summed E-state index contributed by atoms with van der Waals surface area (Å²) in [5, 5.41) is 7.44. The van der Waals surface area contributed by atoms with Crippen LogP contribution in [0.1, 0.15) is 47.1 Å². The Morgan fingerprint density at radius 1 is 1.10 bits per heavy atom. The molecule has 0 aliphatic rings. The van der Waals surface area contributed by atoms with Gasteiger partial charge in [-0.05, 0) is 69.5 Å². The number of amides is 1. The molecule has 0 spiro atoms. The van der Waals surface area contributed by atoms with Crippen molar-refractivity contribution in [3.63, 3.8) is 0 Å². The normalized spacial score (nSPS) is 11.0. The zero-order chi connectivity index (χ0) is 21.3. The van der Waals surface area contributed by atoms with E-state index in [-0.39, 0.29) is 11.9 Å². The van der Waals surface area contributed by atoms with E-state index in [1.165, 1.54) is 0 Å². The van der Waals surface area contributed by atoms with Gasteiger partial charge >= 0.3 is 0 Å². The van der Waals surface area contributed by atoms with E-state index in [1.807, 2.05) is 68.8 Å². The molecule has 2 aromatic heterocycles. The van der Waals surface area contributed by atoms with Crippen LogP contribution in [0.2, 0.25) is 0 Å².